The second kappa shape index (κ2) is 9.44. The Morgan fingerprint density at radius 3 is 2.62 bits per heavy atom. The zero-order valence-electron chi connectivity index (χ0n) is 17.8. The molecule has 0 spiro atoms. The van der Waals surface area contributed by atoms with Crippen LogP contribution in [0.1, 0.15) is 49.8 Å². The lowest BCUT2D eigenvalue weighted by atomic mass is 9.82. The van der Waals surface area contributed by atoms with E-state index in [0.717, 1.165) is 30.5 Å². The molecule has 32 heavy (non-hydrogen) atoms. The number of aromatic hydroxyl groups is 1. The van der Waals surface area contributed by atoms with Crippen molar-refractivity contribution in [1.82, 2.24) is 15.1 Å². The van der Waals surface area contributed by atoms with Crippen LogP contribution < -0.4 is 10.6 Å². The molecule has 8 heteroatoms. The first kappa shape index (κ1) is 21.9. The predicted octanol–water partition coefficient (Wildman–Crippen LogP) is 5.28. The zero-order chi connectivity index (χ0) is 22.7. The Bertz CT molecular complexity index is 1150. The van der Waals surface area contributed by atoms with Gasteiger partial charge in [-0.1, -0.05) is 43.1 Å². The van der Waals surface area contributed by atoms with Gasteiger partial charge in [0.1, 0.15) is 5.75 Å². The summed E-state index contributed by atoms with van der Waals surface area (Å²) in [5, 5.41) is 21.2. The van der Waals surface area contributed by atoms with Crippen LogP contribution in [0.25, 0.3) is 11.3 Å². The maximum Gasteiger partial charge on any atom is 0.342 e. The number of rotatable bonds is 6. The Morgan fingerprint density at radius 1 is 1.19 bits per heavy atom. The molecule has 2 aromatic carbocycles. The van der Waals surface area contributed by atoms with Crippen molar-refractivity contribution in [3.8, 4) is 17.0 Å². The summed E-state index contributed by atoms with van der Waals surface area (Å²) >= 11 is 6.19. The van der Waals surface area contributed by atoms with Crippen LogP contribution in [0.4, 0.5) is 10.5 Å². The van der Waals surface area contributed by atoms with Crippen LogP contribution in [0.15, 0.2) is 48.5 Å². The molecule has 1 aliphatic rings. The molecular formula is C24H25ClN4O3. The number of nitrogens with one attached hydrogen (secondary N) is 2. The third-order valence-electron chi connectivity index (χ3n) is 5.72. The van der Waals surface area contributed by atoms with Gasteiger partial charge in [0, 0.05) is 41.2 Å². The molecule has 3 N–H and O–H groups in total. The van der Waals surface area contributed by atoms with Crippen LogP contribution in [-0.2, 0) is 11.3 Å². The third kappa shape index (κ3) is 4.62. The molecule has 0 unspecified atom stereocenters. The van der Waals surface area contributed by atoms with Gasteiger partial charge in [-0.3, -0.25) is 4.79 Å². The van der Waals surface area contributed by atoms with Crippen LogP contribution in [-0.4, -0.2) is 26.8 Å². The van der Waals surface area contributed by atoms with Crippen molar-refractivity contribution in [3.05, 3.63) is 64.8 Å². The third-order valence-corrected chi connectivity index (χ3v) is 6.09. The van der Waals surface area contributed by atoms with E-state index in [4.69, 9.17) is 11.6 Å². The van der Waals surface area contributed by atoms with Gasteiger partial charge in [-0.2, -0.15) is 9.78 Å². The summed E-state index contributed by atoms with van der Waals surface area (Å²) in [7, 11) is 0. The lowest BCUT2D eigenvalue weighted by Crippen LogP contribution is -2.31. The molecule has 3 aromatic rings. The maximum absolute atomic E-state index is 13.0. The number of carbonyl (C=O) groups is 2. The van der Waals surface area contributed by atoms with E-state index in [1.807, 2.05) is 24.3 Å². The molecule has 1 aliphatic carbocycles. The van der Waals surface area contributed by atoms with Crippen molar-refractivity contribution >= 4 is 29.2 Å². The number of hydrogen-bond acceptors (Lipinski definition) is 4. The van der Waals surface area contributed by atoms with Crippen molar-refractivity contribution < 1.29 is 14.7 Å². The monoisotopic (exact) mass is 452 g/mol. The van der Waals surface area contributed by atoms with Crippen LogP contribution in [0.3, 0.4) is 0 Å². The number of halogens is 1. The quantitative estimate of drug-likeness (QED) is 0.473. The van der Waals surface area contributed by atoms with Gasteiger partial charge in [-0.15, -0.1) is 0 Å². The largest absolute Gasteiger partial charge is 0.507 e. The standard InChI is InChI=1S/C24H25ClN4O3/c1-2-23(31)27-17-10-11-18(22(30)12-17)20-13-21(15-7-5-8-15)29(28-20)24(32)26-14-16-6-3-4-9-19(16)25/h3-4,6,9-13,15,30H,2,5,7-8,14H2,1H3,(H,26,32)(H,27,31). The molecule has 1 heterocycles. The summed E-state index contributed by atoms with van der Waals surface area (Å²) < 4.78 is 1.39. The molecule has 0 atom stereocenters. The lowest BCUT2D eigenvalue weighted by Gasteiger charge is -2.25. The summed E-state index contributed by atoms with van der Waals surface area (Å²) in [6.45, 7) is 2.05. The molecule has 0 aliphatic heterocycles. The van der Waals surface area contributed by atoms with Gasteiger partial charge in [0.2, 0.25) is 5.91 Å². The van der Waals surface area contributed by atoms with E-state index in [0.29, 0.717) is 28.4 Å². The highest BCUT2D eigenvalue weighted by Gasteiger charge is 2.27. The normalized spacial score (nSPS) is 13.4. The number of benzene rings is 2. The first-order valence-electron chi connectivity index (χ1n) is 10.7. The fraction of sp³-hybridized carbons (Fsp3) is 0.292. The van der Waals surface area contributed by atoms with Gasteiger partial charge in [-0.25, -0.2) is 4.79 Å². The molecule has 2 amide bonds. The second-order valence-corrected chi connectivity index (χ2v) is 8.29. The molecule has 0 bridgehead atoms. The Labute approximate surface area is 191 Å². The summed E-state index contributed by atoms with van der Waals surface area (Å²) in [4.78, 5) is 24.6. The number of hydrogen-bond donors (Lipinski definition) is 3. The minimum absolute atomic E-state index is 0.0137. The molecular weight excluding hydrogens is 428 g/mol. The molecule has 0 radical (unpaired) electrons. The SMILES string of the molecule is CCC(=O)Nc1ccc(-c2cc(C3CCC3)n(C(=O)NCc3ccccc3Cl)n2)c(O)c1. The van der Waals surface area contributed by atoms with Gasteiger partial charge in [0.25, 0.3) is 0 Å². The highest BCUT2D eigenvalue weighted by molar-refractivity contribution is 6.31. The molecule has 1 aromatic heterocycles. The van der Waals surface area contributed by atoms with E-state index in [1.165, 1.54) is 10.7 Å². The van der Waals surface area contributed by atoms with Crippen LogP contribution in [0.2, 0.25) is 5.02 Å². The van der Waals surface area contributed by atoms with Crippen molar-refractivity contribution in [2.45, 2.75) is 45.1 Å². The van der Waals surface area contributed by atoms with Gasteiger partial charge in [-0.05, 0) is 42.7 Å². The van der Waals surface area contributed by atoms with Gasteiger partial charge >= 0.3 is 6.03 Å². The molecule has 1 saturated carbocycles. The Balaban J connectivity index is 1.59. The summed E-state index contributed by atoms with van der Waals surface area (Å²) in [5.41, 5.74) is 3.16. The number of carbonyl (C=O) groups excluding carboxylic acids is 2. The van der Waals surface area contributed by atoms with E-state index in [9.17, 15) is 14.7 Å². The number of aromatic nitrogens is 2. The van der Waals surface area contributed by atoms with Crippen LogP contribution >= 0.6 is 11.6 Å². The minimum Gasteiger partial charge on any atom is -0.507 e. The first-order valence-corrected chi connectivity index (χ1v) is 11.1. The minimum atomic E-state index is -0.343. The highest BCUT2D eigenvalue weighted by atomic mass is 35.5. The van der Waals surface area contributed by atoms with E-state index in [2.05, 4.69) is 15.7 Å². The van der Waals surface area contributed by atoms with Crippen LogP contribution in [0, 0.1) is 0 Å². The average Bonchev–Trinajstić information content (AvgIpc) is 3.16. The molecule has 4 rings (SSSR count). The smallest absolute Gasteiger partial charge is 0.342 e. The molecule has 166 valence electrons. The number of anilines is 1. The number of phenolic OH excluding ortho intramolecular Hbond substituents is 1. The Morgan fingerprint density at radius 2 is 1.97 bits per heavy atom. The van der Waals surface area contributed by atoms with Crippen molar-refractivity contribution in [3.63, 3.8) is 0 Å². The number of nitrogens with zero attached hydrogens (tertiary/aromatic N) is 2. The first-order chi connectivity index (χ1) is 15.5. The number of amides is 2. The highest BCUT2D eigenvalue weighted by Crippen LogP contribution is 2.39. The van der Waals surface area contributed by atoms with Crippen LogP contribution in [0.5, 0.6) is 5.75 Å². The molecule has 0 saturated heterocycles. The zero-order valence-corrected chi connectivity index (χ0v) is 18.5. The topological polar surface area (TPSA) is 96.3 Å². The Kier molecular flexibility index (Phi) is 6.46. The average molecular weight is 453 g/mol. The van der Waals surface area contributed by atoms with Gasteiger partial charge in [0.05, 0.1) is 11.4 Å². The Hall–Kier alpha value is -3.32. The van der Waals surface area contributed by atoms with E-state index >= 15 is 0 Å². The summed E-state index contributed by atoms with van der Waals surface area (Å²) in [6.07, 6.45) is 3.46. The van der Waals surface area contributed by atoms with Gasteiger partial charge < -0.3 is 15.7 Å². The predicted molar refractivity (Wildman–Crippen MR) is 124 cm³/mol. The second-order valence-electron chi connectivity index (χ2n) is 7.88. The molecule has 1 fully saturated rings. The summed E-state index contributed by atoms with van der Waals surface area (Å²) in [5.74, 6) is 0.108. The van der Waals surface area contributed by atoms with Crippen molar-refractivity contribution in [2.24, 2.45) is 0 Å². The van der Waals surface area contributed by atoms with E-state index in [-0.39, 0.29) is 30.2 Å². The van der Waals surface area contributed by atoms with Crippen molar-refractivity contribution in [2.75, 3.05) is 5.32 Å². The van der Waals surface area contributed by atoms with E-state index in [1.54, 1.807) is 25.1 Å². The summed E-state index contributed by atoms with van der Waals surface area (Å²) in [6, 6.07) is 13.8. The fourth-order valence-electron chi connectivity index (χ4n) is 3.65. The lowest BCUT2D eigenvalue weighted by molar-refractivity contribution is -0.115. The maximum atomic E-state index is 13.0. The fourth-order valence-corrected chi connectivity index (χ4v) is 3.85. The van der Waals surface area contributed by atoms with Gasteiger partial charge in [0.15, 0.2) is 0 Å². The molecule has 7 nitrogen and oxygen atoms in total. The van der Waals surface area contributed by atoms with Crippen molar-refractivity contribution in [1.29, 1.82) is 0 Å². The van der Waals surface area contributed by atoms with E-state index < -0.39 is 0 Å². The number of phenols is 1.